The SMILES string of the molecule is Cc1cc(Cl)ccc1NC(=O)c1[nH]ncc1C. The number of amides is 1. The molecule has 0 unspecified atom stereocenters. The molecule has 0 radical (unpaired) electrons. The number of nitrogens with zero attached hydrogens (tertiary/aromatic N) is 1. The minimum Gasteiger partial charge on any atom is -0.320 e. The number of benzene rings is 1. The van der Waals surface area contributed by atoms with Crippen LogP contribution in [0.15, 0.2) is 24.4 Å². The molecule has 17 heavy (non-hydrogen) atoms. The number of carbonyl (C=O) groups is 1. The Labute approximate surface area is 104 Å². The quantitative estimate of drug-likeness (QED) is 0.860. The molecular weight excluding hydrogens is 238 g/mol. The fraction of sp³-hybridized carbons (Fsp3) is 0.167. The van der Waals surface area contributed by atoms with E-state index < -0.39 is 0 Å². The number of hydrogen-bond acceptors (Lipinski definition) is 2. The Bertz CT molecular complexity index is 563. The Morgan fingerprint density at radius 3 is 2.71 bits per heavy atom. The Hall–Kier alpha value is -1.81. The summed E-state index contributed by atoms with van der Waals surface area (Å²) in [7, 11) is 0. The van der Waals surface area contributed by atoms with Gasteiger partial charge in [0.25, 0.3) is 5.91 Å². The van der Waals surface area contributed by atoms with Gasteiger partial charge >= 0.3 is 0 Å². The first kappa shape index (κ1) is 11.7. The molecule has 2 N–H and O–H groups in total. The zero-order valence-electron chi connectivity index (χ0n) is 9.54. The number of H-pyrrole nitrogens is 1. The number of nitrogens with one attached hydrogen (secondary N) is 2. The monoisotopic (exact) mass is 249 g/mol. The highest BCUT2D eigenvalue weighted by atomic mass is 35.5. The summed E-state index contributed by atoms with van der Waals surface area (Å²) in [5, 5.41) is 9.95. The van der Waals surface area contributed by atoms with E-state index in [2.05, 4.69) is 15.5 Å². The lowest BCUT2D eigenvalue weighted by Gasteiger charge is -2.07. The Balaban J connectivity index is 2.22. The molecule has 0 fully saturated rings. The predicted molar refractivity (Wildman–Crippen MR) is 67.5 cm³/mol. The van der Waals surface area contributed by atoms with Crippen LogP contribution in [0, 0.1) is 13.8 Å². The van der Waals surface area contributed by atoms with Crippen molar-refractivity contribution in [2.75, 3.05) is 5.32 Å². The fourth-order valence-electron chi connectivity index (χ4n) is 1.53. The average molecular weight is 250 g/mol. The summed E-state index contributed by atoms with van der Waals surface area (Å²) in [4.78, 5) is 11.9. The van der Waals surface area contributed by atoms with Crippen LogP contribution in [0.3, 0.4) is 0 Å². The van der Waals surface area contributed by atoms with Crippen molar-refractivity contribution in [1.29, 1.82) is 0 Å². The van der Waals surface area contributed by atoms with Gasteiger partial charge in [0, 0.05) is 10.7 Å². The zero-order valence-corrected chi connectivity index (χ0v) is 10.3. The summed E-state index contributed by atoms with van der Waals surface area (Å²) in [5.41, 5.74) is 2.95. The van der Waals surface area contributed by atoms with Gasteiger partial charge in [-0.05, 0) is 43.2 Å². The fourth-order valence-corrected chi connectivity index (χ4v) is 1.76. The second kappa shape index (κ2) is 4.59. The molecule has 1 aromatic heterocycles. The lowest BCUT2D eigenvalue weighted by molar-refractivity contribution is 0.102. The van der Waals surface area contributed by atoms with Crippen LogP contribution in [0.5, 0.6) is 0 Å². The third-order valence-corrected chi connectivity index (χ3v) is 2.73. The van der Waals surface area contributed by atoms with Gasteiger partial charge in [-0.15, -0.1) is 0 Å². The first-order chi connectivity index (χ1) is 8.08. The standard InChI is InChI=1S/C12H12ClN3O/c1-7-5-9(13)3-4-10(7)15-12(17)11-8(2)6-14-16-11/h3-6H,1-2H3,(H,14,16)(H,15,17). The van der Waals surface area contributed by atoms with Crippen molar-refractivity contribution in [3.8, 4) is 0 Å². The van der Waals surface area contributed by atoms with Crippen molar-refractivity contribution in [2.24, 2.45) is 0 Å². The highest BCUT2D eigenvalue weighted by Gasteiger charge is 2.11. The molecule has 1 amide bonds. The number of rotatable bonds is 2. The number of halogens is 1. The summed E-state index contributed by atoms with van der Waals surface area (Å²) in [6.45, 7) is 3.72. The largest absolute Gasteiger partial charge is 0.320 e. The van der Waals surface area contributed by atoms with Crippen molar-refractivity contribution in [3.05, 3.63) is 46.2 Å². The Morgan fingerprint density at radius 1 is 1.35 bits per heavy atom. The lowest BCUT2D eigenvalue weighted by Crippen LogP contribution is -2.14. The van der Waals surface area contributed by atoms with Crippen molar-refractivity contribution in [1.82, 2.24) is 10.2 Å². The van der Waals surface area contributed by atoms with Crippen LogP contribution in [0.1, 0.15) is 21.6 Å². The molecule has 0 saturated carbocycles. The van der Waals surface area contributed by atoms with Gasteiger partial charge in [0.15, 0.2) is 0 Å². The van der Waals surface area contributed by atoms with Crippen LogP contribution in [-0.4, -0.2) is 16.1 Å². The minimum atomic E-state index is -0.203. The van der Waals surface area contributed by atoms with Gasteiger partial charge in [0.1, 0.15) is 5.69 Å². The van der Waals surface area contributed by atoms with E-state index in [1.807, 2.05) is 13.8 Å². The van der Waals surface area contributed by atoms with Crippen LogP contribution in [0.4, 0.5) is 5.69 Å². The van der Waals surface area contributed by atoms with Crippen LogP contribution < -0.4 is 5.32 Å². The molecule has 4 nitrogen and oxygen atoms in total. The molecule has 88 valence electrons. The molecule has 0 saturated heterocycles. The number of carbonyl (C=O) groups excluding carboxylic acids is 1. The van der Waals surface area contributed by atoms with Gasteiger partial charge in [0.2, 0.25) is 0 Å². The average Bonchev–Trinajstić information content (AvgIpc) is 2.68. The molecule has 1 heterocycles. The number of hydrogen-bond donors (Lipinski definition) is 2. The van der Waals surface area contributed by atoms with Gasteiger partial charge in [-0.3, -0.25) is 9.89 Å². The van der Waals surface area contributed by atoms with E-state index in [9.17, 15) is 4.79 Å². The summed E-state index contributed by atoms with van der Waals surface area (Å²) in [5.74, 6) is -0.203. The third kappa shape index (κ3) is 2.47. The highest BCUT2D eigenvalue weighted by molar-refractivity contribution is 6.30. The van der Waals surface area contributed by atoms with E-state index in [0.717, 1.165) is 16.8 Å². The molecule has 0 atom stereocenters. The van der Waals surface area contributed by atoms with Gasteiger partial charge in [-0.2, -0.15) is 5.10 Å². The molecule has 2 rings (SSSR count). The smallest absolute Gasteiger partial charge is 0.273 e. The maximum absolute atomic E-state index is 11.9. The molecule has 1 aromatic carbocycles. The van der Waals surface area contributed by atoms with Gasteiger partial charge in [0.05, 0.1) is 6.20 Å². The number of aromatic nitrogens is 2. The normalized spacial score (nSPS) is 10.3. The number of aromatic amines is 1. The lowest BCUT2D eigenvalue weighted by atomic mass is 10.2. The van der Waals surface area contributed by atoms with Crippen molar-refractivity contribution >= 4 is 23.2 Å². The molecule has 0 spiro atoms. The van der Waals surface area contributed by atoms with Crippen molar-refractivity contribution in [2.45, 2.75) is 13.8 Å². The molecule has 0 aliphatic rings. The summed E-state index contributed by atoms with van der Waals surface area (Å²) in [6, 6.07) is 5.32. The Morgan fingerprint density at radius 2 is 2.12 bits per heavy atom. The second-order valence-electron chi connectivity index (χ2n) is 3.84. The van der Waals surface area contributed by atoms with E-state index in [1.165, 1.54) is 0 Å². The maximum Gasteiger partial charge on any atom is 0.273 e. The van der Waals surface area contributed by atoms with Gasteiger partial charge in [-0.25, -0.2) is 0 Å². The van der Waals surface area contributed by atoms with Crippen LogP contribution in [0.2, 0.25) is 5.02 Å². The molecule has 0 aliphatic carbocycles. The molecule has 2 aromatic rings. The number of anilines is 1. The van der Waals surface area contributed by atoms with Crippen LogP contribution >= 0.6 is 11.6 Å². The van der Waals surface area contributed by atoms with E-state index >= 15 is 0 Å². The third-order valence-electron chi connectivity index (χ3n) is 2.49. The van der Waals surface area contributed by atoms with Crippen LogP contribution in [0.25, 0.3) is 0 Å². The number of aryl methyl sites for hydroxylation is 2. The van der Waals surface area contributed by atoms with E-state index in [4.69, 9.17) is 11.6 Å². The summed E-state index contributed by atoms with van der Waals surface area (Å²) in [6.07, 6.45) is 1.61. The second-order valence-corrected chi connectivity index (χ2v) is 4.28. The van der Waals surface area contributed by atoms with E-state index in [1.54, 1.807) is 24.4 Å². The highest BCUT2D eigenvalue weighted by Crippen LogP contribution is 2.20. The van der Waals surface area contributed by atoms with E-state index in [-0.39, 0.29) is 5.91 Å². The topological polar surface area (TPSA) is 57.8 Å². The van der Waals surface area contributed by atoms with Gasteiger partial charge < -0.3 is 5.32 Å². The zero-order chi connectivity index (χ0) is 12.4. The van der Waals surface area contributed by atoms with Crippen molar-refractivity contribution < 1.29 is 4.79 Å². The molecule has 0 aliphatic heterocycles. The Kier molecular flexibility index (Phi) is 3.15. The van der Waals surface area contributed by atoms with Gasteiger partial charge in [-0.1, -0.05) is 11.6 Å². The maximum atomic E-state index is 11.9. The summed E-state index contributed by atoms with van der Waals surface area (Å²) < 4.78 is 0. The summed E-state index contributed by atoms with van der Waals surface area (Å²) >= 11 is 5.85. The van der Waals surface area contributed by atoms with Crippen LogP contribution in [-0.2, 0) is 0 Å². The molecular formula is C12H12ClN3O. The minimum absolute atomic E-state index is 0.203. The molecule has 0 bridgehead atoms. The van der Waals surface area contributed by atoms with Crippen molar-refractivity contribution in [3.63, 3.8) is 0 Å². The molecule has 5 heteroatoms. The first-order valence-corrected chi connectivity index (χ1v) is 5.53. The first-order valence-electron chi connectivity index (χ1n) is 5.15. The van der Waals surface area contributed by atoms with E-state index in [0.29, 0.717) is 10.7 Å². The predicted octanol–water partition coefficient (Wildman–Crippen LogP) is 2.93.